The fraction of sp³-hybridized carbons (Fsp3) is 0. The molecule has 0 radical (unpaired) electrons. The fourth-order valence-electron chi connectivity index (χ4n) is 0.787. The van der Waals surface area contributed by atoms with Crippen LogP contribution in [0.3, 0.4) is 0 Å². The number of anilines is 1. The number of nitriles is 2. The number of rotatable bonds is 1. The van der Waals surface area contributed by atoms with Crippen molar-refractivity contribution < 1.29 is 4.79 Å². The Morgan fingerprint density at radius 3 is 2.31 bits per heavy atom. The van der Waals surface area contributed by atoms with Crippen LogP contribution in [0.15, 0.2) is 24.3 Å². The van der Waals surface area contributed by atoms with E-state index in [0.717, 1.165) is 0 Å². The van der Waals surface area contributed by atoms with E-state index in [1.807, 2.05) is 6.07 Å². The van der Waals surface area contributed by atoms with Gasteiger partial charge in [-0.3, -0.25) is 4.79 Å². The lowest BCUT2D eigenvalue weighted by molar-refractivity contribution is -0.111. The molecule has 0 fully saturated rings. The average Bonchev–Trinajstić information content (AvgIpc) is 2.19. The zero-order valence-corrected chi connectivity index (χ0v) is 6.61. The minimum atomic E-state index is -0.718. The van der Waals surface area contributed by atoms with Gasteiger partial charge in [-0.25, -0.2) is 0 Å². The Hall–Kier alpha value is -2.33. The van der Waals surface area contributed by atoms with Crippen molar-refractivity contribution in [1.82, 2.24) is 0 Å². The molecular formula is C9H5N3O. The molecule has 0 aliphatic rings. The zero-order chi connectivity index (χ0) is 9.68. The predicted octanol–water partition coefficient (Wildman–Crippen LogP) is 1.02. The van der Waals surface area contributed by atoms with Crippen LogP contribution in [0, 0.1) is 22.7 Å². The Morgan fingerprint density at radius 1 is 1.23 bits per heavy atom. The molecule has 1 aromatic rings. The molecule has 0 unspecified atom stereocenters. The lowest BCUT2D eigenvalue weighted by Crippen LogP contribution is -2.07. The second kappa shape index (κ2) is 3.89. The Labute approximate surface area is 75.0 Å². The van der Waals surface area contributed by atoms with Gasteiger partial charge in [0.1, 0.15) is 0 Å². The molecule has 1 amide bonds. The second-order valence-electron chi connectivity index (χ2n) is 2.26. The molecule has 1 aromatic carbocycles. The highest BCUT2D eigenvalue weighted by Gasteiger charge is 1.98. The minimum Gasteiger partial charge on any atom is -0.313 e. The molecule has 0 aromatic heterocycles. The van der Waals surface area contributed by atoms with Crippen LogP contribution in [-0.4, -0.2) is 5.91 Å². The van der Waals surface area contributed by atoms with E-state index in [0.29, 0.717) is 11.3 Å². The summed E-state index contributed by atoms with van der Waals surface area (Å²) < 4.78 is 0. The quantitative estimate of drug-likeness (QED) is 0.641. The molecule has 1 N–H and O–H groups in total. The van der Waals surface area contributed by atoms with Crippen LogP contribution in [0.5, 0.6) is 0 Å². The molecule has 0 atom stereocenters. The first kappa shape index (κ1) is 8.76. The molecule has 4 nitrogen and oxygen atoms in total. The number of hydrogen-bond donors (Lipinski definition) is 1. The SMILES string of the molecule is N#CC(=O)Nc1ccc(C#N)cc1. The Morgan fingerprint density at radius 2 is 1.85 bits per heavy atom. The second-order valence-corrected chi connectivity index (χ2v) is 2.26. The van der Waals surface area contributed by atoms with Crippen molar-refractivity contribution in [2.75, 3.05) is 5.32 Å². The number of nitrogens with zero attached hydrogens (tertiary/aromatic N) is 2. The molecule has 0 spiro atoms. The predicted molar refractivity (Wildman–Crippen MR) is 45.4 cm³/mol. The summed E-state index contributed by atoms with van der Waals surface area (Å²) in [5.41, 5.74) is 1.01. The van der Waals surface area contributed by atoms with E-state index in [2.05, 4.69) is 5.32 Å². The standard InChI is InChI=1S/C9H5N3O/c10-5-7-1-3-8(4-2-7)12-9(13)6-11/h1-4H,(H,12,13). The summed E-state index contributed by atoms with van der Waals surface area (Å²) in [6.07, 6.45) is 0. The first-order valence-corrected chi connectivity index (χ1v) is 3.47. The summed E-state index contributed by atoms with van der Waals surface area (Å²) in [5.74, 6) is -0.718. The van der Waals surface area contributed by atoms with E-state index in [-0.39, 0.29) is 0 Å². The maximum absolute atomic E-state index is 10.6. The van der Waals surface area contributed by atoms with Crippen molar-refractivity contribution in [1.29, 1.82) is 10.5 Å². The monoisotopic (exact) mass is 171 g/mol. The van der Waals surface area contributed by atoms with Gasteiger partial charge in [-0.1, -0.05) is 0 Å². The van der Waals surface area contributed by atoms with Crippen molar-refractivity contribution >= 4 is 11.6 Å². The van der Waals surface area contributed by atoms with E-state index in [1.165, 1.54) is 6.07 Å². The Bertz CT molecular complexity index is 394. The number of benzene rings is 1. The molecule has 62 valence electrons. The van der Waals surface area contributed by atoms with Crippen molar-refractivity contribution in [3.05, 3.63) is 29.8 Å². The third-order valence-electron chi connectivity index (χ3n) is 1.37. The highest BCUT2D eigenvalue weighted by atomic mass is 16.1. The Kier molecular flexibility index (Phi) is 2.62. The molecule has 0 bridgehead atoms. The van der Waals surface area contributed by atoms with Gasteiger partial charge in [0.25, 0.3) is 0 Å². The summed E-state index contributed by atoms with van der Waals surface area (Å²) in [5, 5.41) is 19.0. The summed E-state index contributed by atoms with van der Waals surface area (Å²) in [7, 11) is 0. The number of hydrogen-bond acceptors (Lipinski definition) is 3. The van der Waals surface area contributed by atoms with Gasteiger partial charge >= 0.3 is 5.91 Å². The molecule has 0 heterocycles. The van der Waals surface area contributed by atoms with Crippen LogP contribution >= 0.6 is 0 Å². The van der Waals surface area contributed by atoms with Crippen LogP contribution in [-0.2, 0) is 4.79 Å². The first-order valence-electron chi connectivity index (χ1n) is 3.47. The van der Waals surface area contributed by atoms with Gasteiger partial charge in [0.2, 0.25) is 0 Å². The fourth-order valence-corrected chi connectivity index (χ4v) is 0.787. The largest absolute Gasteiger partial charge is 0.326 e. The molecule has 0 saturated carbocycles. The van der Waals surface area contributed by atoms with Gasteiger partial charge in [0, 0.05) is 5.69 Å². The third kappa shape index (κ3) is 2.32. The van der Waals surface area contributed by atoms with E-state index in [9.17, 15) is 4.79 Å². The molecular weight excluding hydrogens is 166 g/mol. The van der Waals surface area contributed by atoms with E-state index >= 15 is 0 Å². The topological polar surface area (TPSA) is 76.7 Å². The van der Waals surface area contributed by atoms with Crippen molar-refractivity contribution in [2.24, 2.45) is 0 Å². The van der Waals surface area contributed by atoms with Crippen molar-refractivity contribution in [3.63, 3.8) is 0 Å². The number of nitrogens with one attached hydrogen (secondary N) is 1. The van der Waals surface area contributed by atoms with Crippen molar-refractivity contribution in [2.45, 2.75) is 0 Å². The van der Waals surface area contributed by atoms with Crippen LogP contribution in [0.1, 0.15) is 5.56 Å². The average molecular weight is 171 g/mol. The van der Waals surface area contributed by atoms with Gasteiger partial charge in [0.05, 0.1) is 11.6 Å². The normalized spacial score (nSPS) is 8.15. The van der Waals surface area contributed by atoms with Crippen LogP contribution in [0.25, 0.3) is 0 Å². The lowest BCUT2D eigenvalue weighted by atomic mass is 10.2. The minimum absolute atomic E-state index is 0.505. The highest BCUT2D eigenvalue weighted by Crippen LogP contribution is 2.07. The highest BCUT2D eigenvalue weighted by molar-refractivity contribution is 6.02. The smallest absolute Gasteiger partial charge is 0.313 e. The zero-order valence-electron chi connectivity index (χ0n) is 6.61. The van der Waals surface area contributed by atoms with Gasteiger partial charge < -0.3 is 5.32 Å². The molecule has 4 heteroatoms. The summed E-state index contributed by atoms with van der Waals surface area (Å²) in [6.45, 7) is 0. The molecule has 0 aliphatic heterocycles. The van der Waals surface area contributed by atoms with Gasteiger partial charge in [0.15, 0.2) is 6.07 Å². The number of carbonyl (C=O) groups is 1. The summed E-state index contributed by atoms with van der Waals surface area (Å²) >= 11 is 0. The molecule has 1 rings (SSSR count). The van der Waals surface area contributed by atoms with Gasteiger partial charge in [-0.2, -0.15) is 10.5 Å². The van der Waals surface area contributed by atoms with Crippen LogP contribution in [0.2, 0.25) is 0 Å². The summed E-state index contributed by atoms with van der Waals surface area (Å²) in [6, 6.07) is 9.62. The first-order chi connectivity index (χ1) is 6.26. The third-order valence-corrected chi connectivity index (χ3v) is 1.37. The number of amides is 1. The molecule has 13 heavy (non-hydrogen) atoms. The summed E-state index contributed by atoms with van der Waals surface area (Å²) in [4.78, 5) is 10.6. The molecule has 0 saturated heterocycles. The maximum atomic E-state index is 10.6. The van der Waals surface area contributed by atoms with E-state index in [1.54, 1.807) is 24.3 Å². The van der Waals surface area contributed by atoms with Crippen molar-refractivity contribution in [3.8, 4) is 12.1 Å². The van der Waals surface area contributed by atoms with E-state index < -0.39 is 5.91 Å². The van der Waals surface area contributed by atoms with E-state index in [4.69, 9.17) is 10.5 Å². The number of carbonyl (C=O) groups excluding carboxylic acids is 1. The maximum Gasteiger partial charge on any atom is 0.326 e. The Balaban J connectivity index is 2.78. The van der Waals surface area contributed by atoms with Crippen LogP contribution in [0.4, 0.5) is 5.69 Å². The van der Waals surface area contributed by atoms with Gasteiger partial charge in [-0.05, 0) is 24.3 Å². The van der Waals surface area contributed by atoms with Gasteiger partial charge in [-0.15, -0.1) is 0 Å². The van der Waals surface area contributed by atoms with Crippen LogP contribution < -0.4 is 5.32 Å². The lowest BCUT2D eigenvalue weighted by Gasteiger charge is -1.98. The molecule has 0 aliphatic carbocycles.